The fourth-order valence-electron chi connectivity index (χ4n) is 4.44. The van der Waals surface area contributed by atoms with Crippen molar-refractivity contribution >= 4 is 11.9 Å². The highest BCUT2D eigenvalue weighted by Crippen LogP contribution is 2.26. The molecule has 0 bridgehead atoms. The highest BCUT2D eigenvalue weighted by molar-refractivity contribution is 5.96. The van der Waals surface area contributed by atoms with Crippen molar-refractivity contribution < 1.29 is 19.4 Å². The van der Waals surface area contributed by atoms with Crippen molar-refractivity contribution in [2.24, 2.45) is 5.92 Å². The maximum Gasteiger partial charge on any atom is 0.303 e. The van der Waals surface area contributed by atoms with Gasteiger partial charge in [0.05, 0.1) is 12.6 Å². The van der Waals surface area contributed by atoms with E-state index in [2.05, 4.69) is 63.3 Å². The van der Waals surface area contributed by atoms with E-state index in [9.17, 15) is 14.7 Å². The van der Waals surface area contributed by atoms with Gasteiger partial charge in [0.2, 0.25) is 0 Å². The predicted octanol–water partition coefficient (Wildman–Crippen LogP) is 6.46. The minimum Gasteiger partial charge on any atom is -0.493 e. The van der Waals surface area contributed by atoms with E-state index in [4.69, 9.17) is 4.74 Å². The van der Waals surface area contributed by atoms with Crippen LogP contribution in [0.4, 0.5) is 0 Å². The summed E-state index contributed by atoms with van der Waals surface area (Å²) in [5.74, 6) is -0.122. The smallest absolute Gasteiger partial charge is 0.303 e. The Morgan fingerprint density at radius 1 is 0.917 bits per heavy atom. The summed E-state index contributed by atoms with van der Waals surface area (Å²) < 4.78 is 5.97. The summed E-state index contributed by atoms with van der Waals surface area (Å²) in [5.41, 5.74) is 5.74. The molecule has 0 fully saturated rings. The Hall–Kier alpha value is -3.60. The number of hydrogen-bond donors (Lipinski definition) is 2. The van der Waals surface area contributed by atoms with Gasteiger partial charge in [0.15, 0.2) is 0 Å². The lowest BCUT2D eigenvalue weighted by atomic mass is 9.93. The van der Waals surface area contributed by atoms with Crippen LogP contribution >= 0.6 is 0 Å². The van der Waals surface area contributed by atoms with Gasteiger partial charge in [0.1, 0.15) is 5.75 Å². The number of amides is 1. The lowest BCUT2D eigenvalue weighted by molar-refractivity contribution is -0.136. The molecular formula is C31H37NO4. The quantitative estimate of drug-likeness (QED) is 0.307. The molecule has 0 aliphatic rings. The highest BCUT2D eigenvalue weighted by Gasteiger charge is 2.21. The van der Waals surface area contributed by atoms with Crippen LogP contribution in [0.1, 0.15) is 70.9 Å². The number of carbonyl (C=O) groups is 2. The van der Waals surface area contributed by atoms with E-state index in [0.717, 1.165) is 29.5 Å². The normalized spacial score (nSPS) is 11.8. The maximum absolute atomic E-state index is 13.6. The number of rotatable bonds is 12. The zero-order chi connectivity index (χ0) is 26.1. The van der Waals surface area contributed by atoms with Crippen LogP contribution in [0.25, 0.3) is 0 Å². The highest BCUT2D eigenvalue weighted by atomic mass is 16.5. The zero-order valence-electron chi connectivity index (χ0n) is 21.7. The minimum absolute atomic E-state index is 0.0407. The van der Waals surface area contributed by atoms with Crippen molar-refractivity contribution in [2.45, 2.75) is 59.4 Å². The Kier molecular flexibility index (Phi) is 9.69. The van der Waals surface area contributed by atoms with Gasteiger partial charge in [0, 0.05) is 18.4 Å². The molecule has 3 aromatic rings. The second-order valence-electron chi connectivity index (χ2n) is 9.87. The molecule has 0 saturated carbocycles. The third-order valence-electron chi connectivity index (χ3n) is 6.10. The first-order chi connectivity index (χ1) is 17.2. The van der Waals surface area contributed by atoms with E-state index >= 15 is 0 Å². The summed E-state index contributed by atoms with van der Waals surface area (Å²) in [5, 5.41) is 12.4. The average molecular weight is 488 g/mol. The van der Waals surface area contributed by atoms with Gasteiger partial charge in [-0.1, -0.05) is 79.6 Å². The van der Waals surface area contributed by atoms with Crippen LogP contribution < -0.4 is 10.1 Å². The molecule has 36 heavy (non-hydrogen) atoms. The Labute approximate surface area is 214 Å². The monoisotopic (exact) mass is 487 g/mol. The minimum atomic E-state index is -0.891. The number of carboxylic acids is 1. The number of ether oxygens (including phenoxy) is 1. The van der Waals surface area contributed by atoms with E-state index in [1.165, 1.54) is 5.56 Å². The Morgan fingerprint density at radius 2 is 1.61 bits per heavy atom. The molecule has 5 nitrogen and oxygen atoms in total. The Morgan fingerprint density at radius 3 is 2.25 bits per heavy atom. The van der Waals surface area contributed by atoms with E-state index in [0.29, 0.717) is 29.4 Å². The summed E-state index contributed by atoms with van der Waals surface area (Å²) in [7, 11) is 0. The molecule has 3 rings (SSSR count). The largest absolute Gasteiger partial charge is 0.493 e. The topological polar surface area (TPSA) is 75.6 Å². The van der Waals surface area contributed by atoms with Crippen LogP contribution in [-0.4, -0.2) is 23.6 Å². The molecule has 2 N–H and O–H groups in total. The summed E-state index contributed by atoms with van der Waals surface area (Å²) >= 11 is 0. The van der Waals surface area contributed by atoms with Gasteiger partial charge >= 0.3 is 5.97 Å². The molecule has 0 aliphatic heterocycles. The standard InChI is InChI=1S/C31H37NO4/c1-21(2)16-29(26-18-22(3)17-23(4)19-26)32-31(35)28-20-27(12-10-25(28)11-13-30(33)34)36-15-14-24-8-6-5-7-9-24/h5-10,12,17-21,29H,11,13-16H2,1-4H3,(H,32,35)(H,33,34). The first-order valence-corrected chi connectivity index (χ1v) is 12.6. The van der Waals surface area contributed by atoms with Gasteiger partial charge in [-0.25, -0.2) is 0 Å². The van der Waals surface area contributed by atoms with Crippen LogP contribution in [0.2, 0.25) is 0 Å². The third kappa shape index (κ3) is 8.26. The number of carboxylic acid groups (broad SMARTS) is 1. The fourth-order valence-corrected chi connectivity index (χ4v) is 4.44. The third-order valence-corrected chi connectivity index (χ3v) is 6.10. The molecule has 1 amide bonds. The van der Waals surface area contributed by atoms with Crippen molar-refractivity contribution in [3.8, 4) is 5.75 Å². The molecule has 0 heterocycles. The second kappa shape index (κ2) is 12.9. The first kappa shape index (κ1) is 27.0. The van der Waals surface area contributed by atoms with Gasteiger partial charge in [-0.15, -0.1) is 0 Å². The molecule has 5 heteroatoms. The average Bonchev–Trinajstić information content (AvgIpc) is 2.82. The molecule has 0 spiro atoms. The van der Waals surface area contributed by atoms with Gasteiger partial charge in [0.25, 0.3) is 5.91 Å². The van der Waals surface area contributed by atoms with E-state index < -0.39 is 5.97 Å². The molecule has 0 aliphatic carbocycles. The lowest BCUT2D eigenvalue weighted by Crippen LogP contribution is -2.30. The molecule has 0 aromatic heterocycles. The van der Waals surface area contributed by atoms with Crippen molar-refractivity contribution in [3.05, 3.63) is 100 Å². The predicted molar refractivity (Wildman–Crippen MR) is 144 cm³/mol. The molecule has 0 radical (unpaired) electrons. The SMILES string of the molecule is Cc1cc(C)cc(C(CC(C)C)NC(=O)c2cc(OCCc3ccccc3)ccc2CCC(=O)O)c1. The number of aryl methyl sites for hydroxylation is 3. The summed E-state index contributed by atoms with van der Waals surface area (Å²) in [6.45, 7) is 8.89. The summed E-state index contributed by atoms with van der Waals surface area (Å²) in [6.07, 6.45) is 1.79. The first-order valence-electron chi connectivity index (χ1n) is 12.6. The summed E-state index contributed by atoms with van der Waals surface area (Å²) in [6, 6.07) is 21.7. The Bertz CT molecular complexity index is 1150. The number of benzene rings is 3. The van der Waals surface area contributed by atoms with Gasteiger partial charge in [-0.05, 0) is 61.4 Å². The van der Waals surface area contributed by atoms with Crippen LogP contribution in [0, 0.1) is 19.8 Å². The van der Waals surface area contributed by atoms with Gasteiger partial charge in [-0.2, -0.15) is 0 Å². The van der Waals surface area contributed by atoms with Crippen LogP contribution in [0.5, 0.6) is 5.75 Å². The van der Waals surface area contributed by atoms with Crippen molar-refractivity contribution in [1.82, 2.24) is 5.32 Å². The van der Waals surface area contributed by atoms with E-state index in [1.54, 1.807) is 6.07 Å². The van der Waals surface area contributed by atoms with Gasteiger partial charge in [-0.3, -0.25) is 9.59 Å². The molecule has 3 aromatic carbocycles. The molecule has 0 saturated heterocycles. The number of carbonyl (C=O) groups excluding carboxylic acids is 1. The summed E-state index contributed by atoms with van der Waals surface area (Å²) in [4.78, 5) is 24.8. The van der Waals surface area contributed by atoms with Crippen molar-refractivity contribution in [3.63, 3.8) is 0 Å². The lowest BCUT2D eigenvalue weighted by Gasteiger charge is -2.23. The van der Waals surface area contributed by atoms with Crippen LogP contribution in [0.15, 0.2) is 66.7 Å². The molecule has 1 atom stereocenters. The Balaban J connectivity index is 1.83. The van der Waals surface area contributed by atoms with Crippen molar-refractivity contribution in [2.75, 3.05) is 6.61 Å². The van der Waals surface area contributed by atoms with Crippen LogP contribution in [0.3, 0.4) is 0 Å². The fraction of sp³-hybridized carbons (Fsp3) is 0.355. The zero-order valence-corrected chi connectivity index (χ0v) is 21.7. The second-order valence-corrected chi connectivity index (χ2v) is 9.87. The maximum atomic E-state index is 13.6. The molecule has 190 valence electrons. The number of hydrogen-bond acceptors (Lipinski definition) is 3. The number of nitrogens with one attached hydrogen (secondary N) is 1. The molecule has 1 unspecified atom stereocenters. The van der Waals surface area contributed by atoms with Crippen LogP contribution in [-0.2, 0) is 17.6 Å². The van der Waals surface area contributed by atoms with Crippen molar-refractivity contribution in [1.29, 1.82) is 0 Å². The van der Waals surface area contributed by atoms with E-state index in [1.807, 2.05) is 30.3 Å². The van der Waals surface area contributed by atoms with Gasteiger partial charge < -0.3 is 15.2 Å². The number of aliphatic carboxylic acids is 1. The molecular weight excluding hydrogens is 450 g/mol. The van der Waals surface area contributed by atoms with E-state index in [-0.39, 0.29) is 24.8 Å².